The lowest BCUT2D eigenvalue weighted by molar-refractivity contribution is 0.0696. The highest BCUT2D eigenvalue weighted by molar-refractivity contribution is 5.95. The number of amides is 1. The minimum absolute atomic E-state index is 0.0697. The van der Waals surface area contributed by atoms with E-state index in [9.17, 15) is 9.59 Å². The highest BCUT2D eigenvalue weighted by Crippen LogP contribution is 2.08. The number of nitrogens with zero attached hydrogens (tertiary/aromatic N) is 1. The van der Waals surface area contributed by atoms with Gasteiger partial charge in [0, 0.05) is 12.5 Å². The van der Waals surface area contributed by atoms with Crippen molar-refractivity contribution >= 4 is 11.9 Å². The Morgan fingerprint density at radius 3 is 2.84 bits per heavy atom. The molecule has 0 bridgehead atoms. The zero-order valence-corrected chi connectivity index (χ0v) is 10.2. The highest BCUT2D eigenvalue weighted by atomic mass is 16.4. The van der Waals surface area contributed by atoms with Gasteiger partial charge in [-0.05, 0) is 0 Å². The number of carboxylic acids is 1. The average Bonchev–Trinajstić information content (AvgIpc) is 3.04. The average molecular weight is 264 g/mol. The van der Waals surface area contributed by atoms with Crippen molar-refractivity contribution in [3.63, 3.8) is 0 Å². The van der Waals surface area contributed by atoms with Gasteiger partial charge in [-0.2, -0.15) is 0 Å². The molecule has 0 aliphatic heterocycles. The zero-order valence-electron chi connectivity index (χ0n) is 10.2. The number of carboxylic acid groups (broad SMARTS) is 1. The SMILES string of the molecule is CCc1cnc(CNC(=O)c2cc(C(=O)O)co2)o1. The normalized spacial score (nSPS) is 10.4. The summed E-state index contributed by atoms with van der Waals surface area (Å²) in [6, 6.07) is 1.16. The molecule has 7 heteroatoms. The fourth-order valence-electron chi connectivity index (χ4n) is 1.40. The number of aromatic carboxylic acids is 1. The topological polar surface area (TPSA) is 106 Å². The summed E-state index contributed by atoms with van der Waals surface area (Å²) in [6.45, 7) is 2.04. The molecule has 100 valence electrons. The number of aryl methyl sites for hydroxylation is 1. The molecule has 0 saturated heterocycles. The Balaban J connectivity index is 1.95. The van der Waals surface area contributed by atoms with E-state index in [2.05, 4.69) is 10.3 Å². The van der Waals surface area contributed by atoms with E-state index in [1.165, 1.54) is 0 Å². The molecule has 0 atom stereocenters. The molecule has 19 heavy (non-hydrogen) atoms. The molecule has 2 rings (SSSR count). The summed E-state index contributed by atoms with van der Waals surface area (Å²) in [6.07, 6.45) is 3.33. The maximum atomic E-state index is 11.7. The molecular weight excluding hydrogens is 252 g/mol. The third-order valence-corrected chi connectivity index (χ3v) is 2.42. The molecule has 0 aromatic carbocycles. The van der Waals surface area contributed by atoms with Gasteiger partial charge in [-0.3, -0.25) is 4.79 Å². The molecule has 0 aliphatic carbocycles. The van der Waals surface area contributed by atoms with Crippen LogP contribution in [0.2, 0.25) is 0 Å². The fraction of sp³-hybridized carbons (Fsp3) is 0.250. The van der Waals surface area contributed by atoms with Crippen molar-refractivity contribution in [1.82, 2.24) is 10.3 Å². The van der Waals surface area contributed by atoms with Gasteiger partial charge in [0.1, 0.15) is 12.0 Å². The Morgan fingerprint density at radius 1 is 1.47 bits per heavy atom. The Morgan fingerprint density at radius 2 is 2.26 bits per heavy atom. The molecule has 0 fully saturated rings. The molecule has 0 aliphatic rings. The Labute approximate surface area is 108 Å². The first-order valence-electron chi connectivity index (χ1n) is 5.63. The van der Waals surface area contributed by atoms with Crippen molar-refractivity contribution in [2.24, 2.45) is 0 Å². The number of nitrogens with one attached hydrogen (secondary N) is 1. The van der Waals surface area contributed by atoms with Gasteiger partial charge in [0.25, 0.3) is 5.91 Å². The Bertz CT molecular complexity index is 599. The number of hydrogen-bond donors (Lipinski definition) is 2. The smallest absolute Gasteiger partial charge is 0.338 e. The lowest BCUT2D eigenvalue weighted by Gasteiger charge is -1.98. The standard InChI is InChI=1S/C12H12N2O5/c1-2-8-4-13-10(19-8)5-14-11(15)9-3-7(6-18-9)12(16)17/h3-4,6H,2,5H2,1H3,(H,14,15)(H,16,17). The van der Waals surface area contributed by atoms with E-state index in [0.717, 1.165) is 24.5 Å². The summed E-state index contributed by atoms with van der Waals surface area (Å²) in [5, 5.41) is 11.2. The monoisotopic (exact) mass is 264 g/mol. The predicted octanol–water partition coefficient (Wildman–Crippen LogP) is 1.46. The van der Waals surface area contributed by atoms with Crippen LogP contribution >= 0.6 is 0 Å². The van der Waals surface area contributed by atoms with Crippen LogP contribution in [0.1, 0.15) is 39.5 Å². The highest BCUT2D eigenvalue weighted by Gasteiger charge is 2.15. The lowest BCUT2D eigenvalue weighted by Crippen LogP contribution is -2.22. The van der Waals surface area contributed by atoms with Crippen LogP contribution in [-0.2, 0) is 13.0 Å². The number of furan rings is 1. The van der Waals surface area contributed by atoms with Crippen LogP contribution in [0.15, 0.2) is 27.4 Å². The van der Waals surface area contributed by atoms with E-state index < -0.39 is 11.9 Å². The summed E-state index contributed by atoms with van der Waals surface area (Å²) >= 11 is 0. The van der Waals surface area contributed by atoms with Crippen LogP contribution < -0.4 is 5.32 Å². The molecular formula is C12H12N2O5. The molecule has 2 aromatic rings. The minimum atomic E-state index is -1.15. The van der Waals surface area contributed by atoms with Crippen molar-refractivity contribution < 1.29 is 23.5 Å². The third-order valence-electron chi connectivity index (χ3n) is 2.42. The van der Waals surface area contributed by atoms with Gasteiger partial charge in [-0.1, -0.05) is 6.92 Å². The van der Waals surface area contributed by atoms with Gasteiger partial charge in [0.2, 0.25) is 5.89 Å². The molecule has 0 spiro atoms. The van der Waals surface area contributed by atoms with Crippen molar-refractivity contribution in [3.05, 3.63) is 41.5 Å². The van der Waals surface area contributed by atoms with Crippen LogP contribution in [0, 0.1) is 0 Å². The van der Waals surface area contributed by atoms with Crippen LogP contribution in [0.4, 0.5) is 0 Å². The van der Waals surface area contributed by atoms with Gasteiger partial charge in [-0.25, -0.2) is 9.78 Å². The molecule has 0 unspecified atom stereocenters. The molecule has 2 N–H and O–H groups in total. The molecule has 1 amide bonds. The first-order valence-corrected chi connectivity index (χ1v) is 5.63. The number of rotatable bonds is 5. The molecule has 0 saturated carbocycles. The van der Waals surface area contributed by atoms with Gasteiger partial charge >= 0.3 is 5.97 Å². The molecule has 2 heterocycles. The van der Waals surface area contributed by atoms with E-state index in [0.29, 0.717) is 5.89 Å². The fourth-order valence-corrected chi connectivity index (χ4v) is 1.40. The van der Waals surface area contributed by atoms with E-state index in [1.807, 2.05) is 6.92 Å². The molecule has 7 nitrogen and oxygen atoms in total. The van der Waals surface area contributed by atoms with Gasteiger partial charge < -0.3 is 19.3 Å². The first-order chi connectivity index (χ1) is 9.10. The van der Waals surface area contributed by atoms with E-state index in [4.69, 9.17) is 13.9 Å². The van der Waals surface area contributed by atoms with Crippen LogP contribution in [-0.4, -0.2) is 22.0 Å². The lowest BCUT2D eigenvalue weighted by atomic mass is 10.3. The van der Waals surface area contributed by atoms with Crippen molar-refractivity contribution in [1.29, 1.82) is 0 Å². The van der Waals surface area contributed by atoms with E-state index >= 15 is 0 Å². The van der Waals surface area contributed by atoms with E-state index in [-0.39, 0.29) is 17.9 Å². The Hall–Kier alpha value is -2.57. The van der Waals surface area contributed by atoms with Crippen molar-refractivity contribution in [2.45, 2.75) is 19.9 Å². The second-order valence-electron chi connectivity index (χ2n) is 3.76. The second kappa shape index (κ2) is 5.38. The van der Waals surface area contributed by atoms with Crippen LogP contribution in [0.3, 0.4) is 0 Å². The van der Waals surface area contributed by atoms with Crippen LogP contribution in [0.25, 0.3) is 0 Å². The summed E-state index contributed by atoms with van der Waals surface area (Å²) in [7, 11) is 0. The summed E-state index contributed by atoms with van der Waals surface area (Å²) in [4.78, 5) is 26.3. The molecule has 0 radical (unpaired) electrons. The summed E-state index contributed by atoms with van der Waals surface area (Å²) in [5.74, 6) is -0.628. The number of carbonyl (C=O) groups excluding carboxylic acids is 1. The van der Waals surface area contributed by atoms with Crippen molar-refractivity contribution in [3.8, 4) is 0 Å². The largest absolute Gasteiger partial charge is 0.478 e. The second-order valence-corrected chi connectivity index (χ2v) is 3.76. The zero-order chi connectivity index (χ0) is 13.8. The van der Waals surface area contributed by atoms with Gasteiger partial charge in [-0.15, -0.1) is 0 Å². The predicted molar refractivity (Wildman–Crippen MR) is 62.7 cm³/mol. The number of oxazole rings is 1. The van der Waals surface area contributed by atoms with Crippen LogP contribution in [0.5, 0.6) is 0 Å². The van der Waals surface area contributed by atoms with Gasteiger partial charge in [0.15, 0.2) is 5.76 Å². The number of hydrogen-bond acceptors (Lipinski definition) is 5. The summed E-state index contributed by atoms with van der Waals surface area (Å²) in [5.41, 5.74) is -0.0745. The van der Waals surface area contributed by atoms with Crippen molar-refractivity contribution in [2.75, 3.05) is 0 Å². The quantitative estimate of drug-likeness (QED) is 0.846. The first kappa shape index (κ1) is 12.9. The maximum absolute atomic E-state index is 11.7. The maximum Gasteiger partial charge on any atom is 0.338 e. The third kappa shape index (κ3) is 3.01. The molecule has 2 aromatic heterocycles. The van der Waals surface area contributed by atoms with Gasteiger partial charge in [0.05, 0.1) is 18.3 Å². The summed E-state index contributed by atoms with van der Waals surface area (Å²) < 4.78 is 10.2. The number of aromatic nitrogens is 1. The minimum Gasteiger partial charge on any atom is -0.478 e. The van der Waals surface area contributed by atoms with E-state index in [1.54, 1.807) is 6.20 Å². The Kier molecular flexibility index (Phi) is 3.65. The number of carbonyl (C=O) groups is 2.